The number of amides is 2. The minimum atomic E-state index is -2.25. The Morgan fingerprint density at radius 2 is 1.92 bits per heavy atom. The molecule has 1 heterocycles. The number of methoxy groups -OCH3 is 1. The smallest absolute Gasteiger partial charge is 0.397 e. The summed E-state index contributed by atoms with van der Waals surface area (Å²) in [6.45, 7) is 15.6. The topological polar surface area (TPSA) is 99.2 Å². The molecule has 2 amide bonds. The highest BCUT2D eigenvalue weighted by Gasteiger charge is 2.60. The Balaban J connectivity index is 1.95. The van der Waals surface area contributed by atoms with Crippen LogP contribution in [0.4, 0.5) is 0 Å². The summed E-state index contributed by atoms with van der Waals surface area (Å²) < 4.78 is 16.7. The Morgan fingerprint density at radius 1 is 1.25 bits per heavy atom. The zero-order chi connectivity index (χ0) is 27.0. The monoisotopic (exact) mass is 515 g/mol. The number of hydrogen-bond donors (Lipinski definition) is 0. The molecule has 0 aromatic heterocycles. The van der Waals surface area contributed by atoms with E-state index in [9.17, 15) is 19.2 Å². The number of likely N-dealkylation sites (tertiary alicyclic amines) is 1. The number of β-lactam (4-membered cyclic amide) rings is 1. The number of Topliss-reactive ketones (excluding diaryl/α,β-unsaturated/α-hetero) is 1. The molecule has 4 atom stereocenters. The zero-order valence-electron chi connectivity index (χ0n) is 22.3. The number of carbonyl (C=O) groups excluding carboxylic acids is 4. The highest BCUT2D eigenvalue weighted by molar-refractivity contribution is 6.74. The van der Waals surface area contributed by atoms with E-state index < -0.39 is 50.1 Å². The highest BCUT2D eigenvalue weighted by atomic mass is 28.4. The van der Waals surface area contributed by atoms with Crippen LogP contribution in [0, 0.1) is 11.8 Å². The molecule has 2 aliphatic rings. The molecule has 3 rings (SSSR count). The third-order valence-electron chi connectivity index (χ3n) is 7.76. The van der Waals surface area contributed by atoms with Gasteiger partial charge in [0.05, 0.1) is 25.2 Å². The van der Waals surface area contributed by atoms with Gasteiger partial charge in [0, 0.05) is 11.5 Å². The van der Waals surface area contributed by atoms with Crippen molar-refractivity contribution in [1.29, 1.82) is 0 Å². The molecule has 9 heteroatoms. The fourth-order valence-corrected chi connectivity index (χ4v) is 6.23. The minimum Gasteiger partial charge on any atom is -0.497 e. The Morgan fingerprint density at radius 3 is 2.50 bits per heavy atom. The largest absolute Gasteiger partial charge is 0.497 e. The van der Waals surface area contributed by atoms with Crippen LogP contribution in [0.15, 0.2) is 30.9 Å². The van der Waals surface area contributed by atoms with Gasteiger partial charge in [-0.2, -0.15) is 0 Å². The molecule has 0 saturated carbocycles. The molecule has 0 spiro atoms. The van der Waals surface area contributed by atoms with E-state index in [1.54, 1.807) is 19.2 Å². The average molecular weight is 516 g/mol. The lowest BCUT2D eigenvalue weighted by Gasteiger charge is -2.52. The lowest BCUT2D eigenvalue weighted by Crippen LogP contribution is -2.71. The van der Waals surface area contributed by atoms with Crippen molar-refractivity contribution in [2.45, 2.75) is 70.8 Å². The predicted octanol–water partition coefficient (Wildman–Crippen LogP) is 3.93. The highest BCUT2D eigenvalue weighted by Crippen LogP contribution is 2.44. The van der Waals surface area contributed by atoms with Gasteiger partial charge >= 0.3 is 11.9 Å². The van der Waals surface area contributed by atoms with Gasteiger partial charge < -0.3 is 13.9 Å². The summed E-state index contributed by atoms with van der Waals surface area (Å²) in [7, 11) is -0.685. The quantitative estimate of drug-likeness (QED) is 0.178. The molecule has 1 aromatic rings. The van der Waals surface area contributed by atoms with Crippen LogP contribution in [0.5, 0.6) is 5.75 Å². The molecule has 0 unspecified atom stereocenters. The summed E-state index contributed by atoms with van der Waals surface area (Å²) in [5.74, 6) is -3.57. The number of fused-ring (bicyclic) bond motifs is 1. The van der Waals surface area contributed by atoms with Crippen molar-refractivity contribution in [3.8, 4) is 5.75 Å². The molecule has 1 aromatic carbocycles. The number of aryl methyl sites for hydroxylation is 1. The maximum Gasteiger partial charge on any atom is 0.397 e. The first-order valence-corrected chi connectivity index (χ1v) is 15.2. The number of rotatable bonds is 7. The summed E-state index contributed by atoms with van der Waals surface area (Å²) in [5, 5.41) is -0.0911. The number of imide groups is 1. The summed E-state index contributed by atoms with van der Waals surface area (Å²) in [4.78, 5) is 53.2. The van der Waals surface area contributed by atoms with Crippen LogP contribution in [-0.4, -0.2) is 62.6 Å². The molecule has 0 bridgehead atoms. The molecular formula is C27H37NO7Si. The Labute approximate surface area is 214 Å². The van der Waals surface area contributed by atoms with E-state index in [1.807, 2.05) is 13.0 Å². The van der Waals surface area contributed by atoms with Gasteiger partial charge in [-0.3, -0.25) is 19.3 Å². The fraction of sp³-hybridized carbons (Fsp3) is 0.556. The number of esters is 1. The number of hydrogen-bond acceptors (Lipinski definition) is 7. The molecule has 1 aliphatic carbocycles. The maximum absolute atomic E-state index is 13.6. The number of nitrogens with zero attached hydrogens (tertiary/aromatic N) is 1. The third kappa shape index (κ3) is 5.04. The maximum atomic E-state index is 13.6. The van der Waals surface area contributed by atoms with Crippen molar-refractivity contribution in [1.82, 2.24) is 4.90 Å². The molecular weight excluding hydrogens is 478 g/mol. The summed E-state index contributed by atoms with van der Waals surface area (Å²) >= 11 is 0. The van der Waals surface area contributed by atoms with E-state index in [-0.39, 0.29) is 17.4 Å². The first-order valence-electron chi connectivity index (χ1n) is 12.3. The second-order valence-corrected chi connectivity index (χ2v) is 15.8. The van der Waals surface area contributed by atoms with Gasteiger partial charge in [0.2, 0.25) is 5.91 Å². The standard InChI is InChI=1S/C27H37NO7Si/c1-9-14-34-26(32)25(31)28-22(21(24(28)30)16(2)35-36(7,8)27(3,4)5)20-12-10-17-15-18(33-6)11-13-19(17)23(20)29/h9,11,13,15-16,20-22H,1,10,12,14H2,2-8H3/t16-,20-,21-,22-/m1/s1. The minimum absolute atomic E-state index is 0.0911. The molecule has 196 valence electrons. The molecule has 0 radical (unpaired) electrons. The van der Waals surface area contributed by atoms with Crippen molar-refractivity contribution in [3.63, 3.8) is 0 Å². The van der Waals surface area contributed by atoms with Gasteiger partial charge in [-0.15, -0.1) is 0 Å². The zero-order valence-corrected chi connectivity index (χ0v) is 23.3. The van der Waals surface area contributed by atoms with Gasteiger partial charge in [0.15, 0.2) is 14.1 Å². The van der Waals surface area contributed by atoms with E-state index in [1.165, 1.54) is 6.08 Å². The molecule has 0 N–H and O–H groups in total. The molecule has 8 nitrogen and oxygen atoms in total. The van der Waals surface area contributed by atoms with Crippen LogP contribution in [0.1, 0.15) is 50.0 Å². The summed E-state index contributed by atoms with van der Waals surface area (Å²) in [6, 6.07) is 4.49. The van der Waals surface area contributed by atoms with Crippen molar-refractivity contribution in [2.75, 3.05) is 13.7 Å². The van der Waals surface area contributed by atoms with Crippen LogP contribution in [0.2, 0.25) is 18.1 Å². The Hall–Kier alpha value is -2.78. The molecule has 1 aliphatic heterocycles. The van der Waals surface area contributed by atoms with Crippen molar-refractivity contribution in [3.05, 3.63) is 42.0 Å². The van der Waals surface area contributed by atoms with E-state index >= 15 is 0 Å². The molecule has 1 fully saturated rings. The summed E-state index contributed by atoms with van der Waals surface area (Å²) in [5.41, 5.74) is 1.41. The van der Waals surface area contributed by atoms with Gasteiger partial charge in [-0.25, -0.2) is 4.79 Å². The van der Waals surface area contributed by atoms with Crippen LogP contribution in [0.25, 0.3) is 0 Å². The lowest BCUT2D eigenvalue weighted by molar-refractivity contribution is -0.181. The number of carbonyl (C=O) groups is 4. The van der Waals surface area contributed by atoms with Gasteiger partial charge in [0.25, 0.3) is 0 Å². The second-order valence-electron chi connectivity index (χ2n) is 11.0. The van der Waals surface area contributed by atoms with E-state index in [0.29, 0.717) is 24.2 Å². The van der Waals surface area contributed by atoms with Gasteiger partial charge in [0.1, 0.15) is 12.4 Å². The lowest BCUT2D eigenvalue weighted by atomic mass is 9.69. The SMILES string of the molecule is C=CCOC(=O)C(=O)N1C(=O)[C@H]([C@@H](C)O[Si](C)(C)C(C)(C)C)[C@H]1[C@H]1CCc2cc(OC)ccc2C1=O. The van der Waals surface area contributed by atoms with Crippen LogP contribution in [-0.2, 0) is 30.0 Å². The van der Waals surface area contributed by atoms with E-state index in [0.717, 1.165) is 10.5 Å². The van der Waals surface area contributed by atoms with Crippen LogP contribution in [0.3, 0.4) is 0 Å². The summed E-state index contributed by atoms with van der Waals surface area (Å²) in [6.07, 6.45) is 1.84. The second kappa shape index (κ2) is 10.3. The number of benzene rings is 1. The van der Waals surface area contributed by atoms with Crippen LogP contribution < -0.4 is 4.74 Å². The Bertz CT molecular complexity index is 1070. The third-order valence-corrected chi connectivity index (χ3v) is 12.3. The normalized spacial score (nSPS) is 22.9. The fourth-order valence-electron chi connectivity index (χ4n) is 4.80. The van der Waals surface area contributed by atoms with Crippen LogP contribution >= 0.6 is 0 Å². The first-order chi connectivity index (χ1) is 16.7. The van der Waals surface area contributed by atoms with Gasteiger partial charge in [-0.1, -0.05) is 33.4 Å². The molecule has 1 saturated heterocycles. The molecule has 36 heavy (non-hydrogen) atoms. The van der Waals surface area contributed by atoms with Crippen molar-refractivity contribution < 1.29 is 33.1 Å². The van der Waals surface area contributed by atoms with Crippen molar-refractivity contribution >= 4 is 31.9 Å². The van der Waals surface area contributed by atoms with E-state index in [4.69, 9.17) is 13.9 Å². The van der Waals surface area contributed by atoms with E-state index in [2.05, 4.69) is 40.4 Å². The average Bonchev–Trinajstić information content (AvgIpc) is 2.80. The van der Waals surface area contributed by atoms with Gasteiger partial charge in [-0.05, 0) is 61.7 Å². The predicted molar refractivity (Wildman–Crippen MR) is 137 cm³/mol. The van der Waals surface area contributed by atoms with Crippen molar-refractivity contribution in [2.24, 2.45) is 11.8 Å². The first kappa shape index (κ1) is 27.8. The number of ether oxygens (including phenoxy) is 2. The Kier molecular flexibility index (Phi) is 7.95. The number of ketones is 1.